The van der Waals surface area contributed by atoms with Gasteiger partial charge in [0, 0.05) is 5.25 Å². The smallest absolute Gasteiger partial charge is 0.262 e. The summed E-state index contributed by atoms with van der Waals surface area (Å²) < 4.78 is 24.4. The molecule has 10 heteroatoms. The van der Waals surface area contributed by atoms with Crippen molar-refractivity contribution in [3.63, 3.8) is 0 Å². The van der Waals surface area contributed by atoms with Crippen LogP contribution in [0, 0.1) is 0 Å². The van der Waals surface area contributed by atoms with Crippen molar-refractivity contribution >= 4 is 32.8 Å². The number of benzene rings is 2. The number of H-pyrrole nitrogens is 1. The minimum Gasteiger partial charge on any atom is -0.301 e. The summed E-state index contributed by atoms with van der Waals surface area (Å²) in [5.74, 6) is 0. The Morgan fingerprint density at radius 3 is 2.45 bits per heavy atom. The third-order valence-corrected chi connectivity index (χ3v) is 6.36. The molecule has 2 aromatic carbocycles. The van der Waals surface area contributed by atoms with Crippen LogP contribution in [0.4, 0.5) is 0 Å². The maximum atomic E-state index is 12.5. The van der Waals surface area contributed by atoms with Gasteiger partial charge in [-0.05, 0) is 36.8 Å². The van der Waals surface area contributed by atoms with Crippen molar-refractivity contribution in [1.82, 2.24) is 19.7 Å². The van der Waals surface area contributed by atoms with Crippen LogP contribution < -0.4 is 10.7 Å². The Bertz CT molecular complexity index is 1330. The number of nitrogens with two attached hydrogens (primary N) is 1. The molecule has 4 rings (SSSR count). The Balaban J connectivity index is 1.73. The quantitative estimate of drug-likeness (QED) is 0.373. The van der Waals surface area contributed by atoms with Crippen molar-refractivity contribution in [3.8, 4) is 5.69 Å². The fraction of sp³-hybridized carbons (Fsp3) is 0.105. The molecule has 0 amide bonds. The lowest BCUT2D eigenvalue weighted by molar-refractivity contribution is 0.598. The number of aromatic nitrogens is 4. The Morgan fingerprint density at radius 1 is 1.10 bits per heavy atom. The first-order chi connectivity index (χ1) is 13.8. The third kappa shape index (κ3) is 3.95. The molecule has 1 unspecified atom stereocenters. The van der Waals surface area contributed by atoms with Gasteiger partial charge in [-0.25, -0.2) is 23.2 Å². The Hall–Kier alpha value is -2.95. The Labute approximate surface area is 170 Å². The van der Waals surface area contributed by atoms with E-state index in [-0.39, 0.29) is 15.7 Å². The summed E-state index contributed by atoms with van der Waals surface area (Å²) in [4.78, 5) is 19.9. The SMILES string of the molecule is CC(Sc1nc2c(cnn2-c2ccc(S(N)(=O)=O)cc2)c(=O)[nH]1)c1ccccc1. The molecular formula is C19H17N5O3S2. The molecule has 0 aliphatic heterocycles. The number of aromatic amines is 1. The van der Waals surface area contributed by atoms with Crippen molar-refractivity contribution in [2.45, 2.75) is 22.2 Å². The first-order valence-corrected chi connectivity index (χ1v) is 11.1. The van der Waals surface area contributed by atoms with Crippen molar-refractivity contribution < 1.29 is 8.42 Å². The van der Waals surface area contributed by atoms with E-state index in [0.29, 0.717) is 21.9 Å². The third-order valence-electron chi connectivity index (χ3n) is 4.38. The monoisotopic (exact) mass is 427 g/mol. The number of thioether (sulfide) groups is 1. The Kier molecular flexibility index (Phi) is 4.99. The average Bonchev–Trinajstić information content (AvgIpc) is 3.12. The van der Waals surface area contributed by atoms with Gasteiger partial charge in [-0.2, -0.15) is 5.10 Å². The van der Waals surface area contributed by atoms with Gasteiger partial charge < -0.3 is 4.98 Å². The van der Waals surface area contributed by atoms with Gasteiger partial charge >= 0.3 is 0 Å². The molecule has 0 saturated carbocycles. The van der Waals surface area contributed by atoms with Gasteiger partial charge in [0.1, 0.15) is 5.39 Å². The van der Waals surface area contributed by atoms with Crippen LogP contribution in [0.25, 0.3) is 16.7 Å². The number of hydrogen-bond acceptors (Lipinski definition) is 6. The van der Waals surface area contributed by atoms with Gasteiger partial charge in [-0.15, -0.1) is 0 Å². The molecule has 0 aliphatic carbocycles. The van der Waals surface area contributed by atoms with Crippen molar-refractivity contribution in [2.24, 2.45) is 5.14 Å². The summed E-state index contributed by atoms with van der Waals surface area (Å²) in [6.07, 6.45) is 1.43. The maximum Gasteiger partial charge on any atom is 0.262 e. The van der Waals surface area contributed by atoms with Crippen LogP contribution in [0.3, 0.4) is 0 Å². The normalized spacial score (nSPS) is 12.9. The van der Waals surface area contributed by atoms with E-state index < -0.39 is 10.0 Å². The first kappa shape index (κ1) is 19.4. The molecule has 4 aromatic rings. The maximum absolute atomic E-state index is 12.5. The minimum atomic E-state index is -3.79. The van der Waals surface area contributed by atoms with Crippen LogP contribution in [0.5, 0.6) is 0 Å². The predicted octanol–water partition coefficient (Wildman–Crippen LogP) is 2.61. The second-order valence-electron chi connectivity index (χ2n) is 6.37. The minimum absolute atomic E-state index is 0.00329. The number of hydrogen-bond donors (Lipinski definition) is 2. The lowest BCUT2D eigenvalue weighted by Gasteiger charge is -2.11. The van der Waals surface area contributed by atoms with Crippen LogP contribution in [-0.2, 0) is 10.0 Å². The number of sulfonamides is 1. The highest BCUT2D eigenvalue weighted by atomic mass is 32.2. The van der Waals surface area contributed by atoms with Crippen molar-refractivity contribution in [2.75, 3.05) is 0 Å². The molecule has 148 valence electrons. The van der Waals surface area contributed by atoms with Crippen LogP contribution in [0.15, 0.2) is 75.6 Å². The summed E-state index contributed by atoms with van der Waals surface area (Å²) >= 11 is 1.44. The number of fused-ring (bicyclic) bond motifs is 1. The summed E-state index contributed by atoms with van der Waals surface area (Å²) in [7, 11) is -3.79. The van der Waals surface area contributed by atoms with Crippen LogP contribution >= 0.6 is 11.8 Å². The van der Waals surface area contributed by atoms with E-state index in [1.165, 1.54) is 34.8 Å². The van der Waals surface area contributed by atoms with E-state index in [4.69, 9.17) is 5.14 Å². The van der Waals surface area contributed by atoms with Gasteiger partial charge in [0.05, 0.1) is 16.8 Å². The topological polar surface area (TPSA) is 124 Å². The summed E-state index contributed by atoms with van der Waals surface area (Å²) in [6.45, 7) is 2.04. The molecule has 0 saturated heterocycles. The van der Waals surface area contributed by atoms with E-state index in [1.54, 1.807) is 12.1 Å². The second-order valence-corrected chi connectivity index (χ2v) is 9.27. The highest BCUT2D eigenvalue weighted by Gasteiger charge is 2.15. The molecule has 1 atom stereocenters. The number of nitrogens with one attached hydrogen (secondary N) is 1. The fourth-order valence-corrected chi connectivity index (χ4v) is 4.31. The molecule has 2 aromatic heterocycles. The summed E-state index contributed by atoms with van der Waals surface area (Å²) in [5.41, 5.74) is 1.79. The highest BCUT2D eigenvalue weighted by Crippen LogP contribution is 2.32. The van der Waals surface area contributed by atoms with Crippen molar-refractivity contribution in [1.29, 1.82) is 0 Å². The number of primary sulfonamides is 1. The van der Waals surface area contributed by atoms with E-state index in [1.807, 2.05) is 37.3 Å². The predicted molar refractivity (Wildman–Crippen MR) is 112 cm³/mol. The van der Waals surface area contributed by atoms with Gasteiger partial charge in [0.2, 0.25) is 10.0 Å². The van der Waals surface area contributed by atoms with Crippen molar-refractivity contribution in [3.05, 3.63) is 76.7 Å². The van der Waals surface area contributed by atoms with Gasteiger partial charge in [0.15, 0.2) is 10.8 Å². The number of rotatable bonds is 5. The zero-order chi connectivity index (χ0) is 20.6. The van der Waals surface area contributed by atoms with Gasteiger partial charge in [0.25, 0.3) is 5.56 Å². The largest absolute Gasteiger partial charge is 0.301 e. The molecule has 3 N–H and O–H groups in total. The van der Waals surface area contributed by atoms with E-state index in [9.17, 15) is 13.2 Å². The molecule has 0 fully saturated rings. The van der Waals surface area contributed by atoms with E-state index in [2.05, 4.69) is 15.1 Å². The van der Waals surface area contributed by atoms with Crippen LogP contribution in [-0.4, -0.2) is 28.2 Å². The zero-order valence-corrected chi connectivity index (χ0v) is 16.9. The molecule has 29 heavy (non-hydrogen) atoms. The molecule has 0 aliphatic rings. The zero-order valence-electron chi connectivity index (χ0n) is 15.3. The van der Waals surface area contributed by atoms with Gasteiger partial charge in [-0.1, -0.05) is 42.1 Å². The first-order valence-electron chi connectivity index (χ1n) is 8.66. The number of nitrogens with zero attached hydrogens (tertiary/aromatic N) is 3. The second kappa shape index (κ2) is 7.47. The van der Waals surface area contributed by atoms with E-state index >= 15 is 0 Å². The summed E-state index contributed by atoms with van der Waals surface area (Å²) in [5, 5.41) is 10.3. The van der Waals surface area contributed by atoms with Gasteiger partial charge in [-0.3, -0.25) is 4.79 Å². The lowest BCUT2D eigenvalue weighted by Crippen LogP contribution is -2.12. The lowest BCUT2D eigenvalue weighted by atomic mass is 10.2. The van der Waals surface area contributed by atoms with E-state index in [0.717, 1.165) is 5.56 Å². The molecular weight excluding hydrogens is 410 g/mol. The van der Waals surface area contributed by atoms with Crippen LogP contribution in [0.2, 0.25) is 0 Å². The van der Waals surface area contributed by atoms with Crippen LogP contribution in [0.1, 0.15) is 17.7 Å². The molecule has 0 bridgehead atoms. The molecule has 8 nitrogen and oxygen atoms in total. The molecule has 0 spiro atoms. The molecule has 2 heterocycles. The average molecular weight is 428 g/mol. The standard InChI is InChI=1S/C19H17N5O3S2/c1-12(13-5-3-2-4-6-13)28-19-22-17-16(18(25)23-19)11-21-24(17)14-7-9-15(10-8-14)29(20,26)27/h2-12H,1H3,(H2,20,26,27)(H,22,23,25). The highest BCUT2D eigenvalue weighted by molar-refractivity contribution is 7.99. The fourth-order valence-electron chi connectivity index (χ4n) is 2.88. The molecule has 0 radical (unpaired) electrons. The Morgan fingerprint density at radius 2 is 1.79 bits per heavy atom. The summed E-state index contributed by atoms with van der Waals surface area (Å²) in [6, 6.07) is 15.8.